The monoisotopic (exact) mass is 693 g/mol. The third-order valence-corrected chi connectivity index (χ3v) is 11.1. The lowest BCUT2D eigenvalue weighted by atomic mass is 9.94. The maximum absolute atomic E-state index is 5.17. The van der Waals surface area contributed by atoms with Crippen molar-refractivity contribution in [2.45, 2.75) is 0 Å². The highest BCUT2D eigenvalue weighted by Crippen LogP contribution is 2.41. The summed E-state index contributed by atoms with van der Waals surface area (Å²) in [6.07, 6.45) is 0. The first-order chi connectivity index (χ1) is 26.2. The highest BCUT2D eigenvalue weighted by molar-refractivity contribution is 7.26. The summed E-state index contributed by atoms with van der Waals surface area (Å²) in [7, 11) is 0. The van der Waals surface area contributed by atoms with Crippen LogP contribution in [0.5, 0.6) is 0 Å². The fraction of sp³-hybridized carbons (Fsp3) is 0. The van der Waals surface area contributed by atoms with Crippen molar-refractivity contribution in [3.8, 4) is 67.5 Å². The molecule has 2 aromatic heterocycles. The standard InChI is InChI=1S/C49H31N3S/c1-4-13-32(14-5-1)40-22-11-19-34-25-26-37(30-42(34)40)36-20-10-21-38(29-36)48-50-47(35-17-8-3-9-18-35)51-49(52-48)39-27-28-44-43(31-39)46-41(23-12-24-45(46)53-44)33-15-6-2-7-16-33/h1-31H. The third-order valence-electron chi connectivity index (χ3n) is 9.93. The van der Waals surface area contributed by atoms with E-state index in [0.717, 1.165) is 27.8 Å². The van der Waals surface area contributed by atoms with Crippen molar-refractivity contribution < 1.29 is 0 Å². The molecule has 0 atom stereocenters. The Hall–Kier alpha value is -6.75. The van der Waals surface area contributed by atoms with E-state index in [-0.39, 0.29) is 0 Å². The Morgan fingerprint density at radius 3 is 1.55 bits per heavy atom. The number of hydrogen-bond donors (Lipinski definition) is 0. The molecule has 53 heavy (non-hydrogen) atoms. The molecule has 0 saturated heterocycles. The van der Waals surface area contributed by atoms with Crippen molar-refractivity contribution in [3.05, 3.63) is 188 Å². The second-order valence-corrected chi connectivity index (χ2v) is 14.3. The Kier molecular flexibility index (Phi) is 7.67. The Balaban J connectivity index is 1.11. The Labute approximate surface area is 311 Å². The molecule has 0 spiro atoms. The normalized spacial score (nSPS) is 11.4. The second kappa shape index (κ2) is 13.1. The zero-order chi connectivity index (χ0) is 35.1. The van der Waals surface area contributed by atoms with Gasteiger partial charge in [-0.15, -0.1) is 11.3 Å². The summed E-state index contributed by atoms with van der Waals surface area (Å²) in [5.41, 5.74) is 9.97. The molecule has 248 valence electrons. The molecule has 3 nitrogen and oxygen atoms in total. The maximum atomic E-state index is 5.17. The van der Waals surface area contributed by atoms with Gasteiger partial charge in [0, 0.05) is 36.9 Å². The van der Waals surface area contributed by atoms with Gasteiger partial charge in [-0.3, -0.25) is 0 Å². The number of nitrogens with zero attached hydrogens (tertiary/aromatic N) is 3. The number of rotatable bonds is 6. The minimum absolute atomic E-state index is 0.640. The summed E-state index contributed by atoms with van der Waals surface area (Å²) in [5, 5.41) is 4.91. The van der Waals surface area contributed by atoms with Crippen LogP contribution in [0.1, 0.15) is 0 Å². The highest BCUT2D eigenvalue weighted by atomic mass is 32.1. The number of aromatic nitrogens is 3. The molecule has 0 bridgehead atoms. The fourth-order valence-electron chi connectivity index (χ4n) is 7.33. The van der Waals surface area contributed by atoms with Crippen LogP contribution >= 0.6 is 11.3 Å². The molecule has 0 aliphatic rings. The maximum Gasteiger partial charge on any atom is 0.164 e. The average Bonchev–Trinajstić information content (AvgIpc) is 3.62. The zero-order valence-corrected chi connectivity index (χ0v) is 29.5. The molecule has 0 N–H and O–H groups in total. The summed E-state index contributed by atoms with van der Waals surface area (Å²) < 4.78 is 2.50. The molecule has 0 fully saturated rings. The lowest BCUT2D eigenvalue weighted by molar-refractivity contribution is 1.07. The van der Waals surface area contributed by atoms with E-state index in [2.05, 4.69) is 170 Å². The van der Waals surface area contributed by atoms with Gasteiger partial charge >= 0.3 is 0 Å². The molecule has 4 heteroatoms. The van der Waals surface area contributed by atoms with Crippen LogP contribution in [0.4, 0.5) is 0 Å². The molecule has 10 aromatic rings. The predicted molar refractivity (Wildman–Crippen MR) is 223 cm³/mol. The Morgan fingerprint density at radius 2 is 0.811 bits per heavy atom. The van der Waals surface area contributed by atoms with E-state index in [0.29, 0.717) is 17.5 Å². The van der Waals surface area contributed by atoms with Gasteiger partial charge in [0.05, 0.1) is 0 Å². The quantitative estimate of drug-likeness (QED) is 0.174. The van der Waals surface area contributed by atoms with Crippen LogP contribution in [-0.4, -0.2) is 15.0 Å². The molecule has 0 saturated carbocycles. The van der Waals surface area contributed by atoms with Gasteiger partial charge in [-0.25, -0.2) is 15.0 Å². The summed E-state index contributed by atoms with van der Waals surface area (Å²) in [4.78, 5) is 15.3. The average molecular weight is 694 g/mol. The minimum Gasteiger partial charge on any atom is -0.208 e. The van der Waals surface area contributed by atoms with Gasteiger partial charge < -0.3 is 0 Å². The number of thiophene rings is 1. The molecule has 8 aromatic carbocycles. The molecule has 10 rings (SSSR count). The SMILES string of the molecule is c1ccc(-c2nc(-c3cccc(-c4ccc5cccc(-c6ccccc6)c5c4)c3)nc(-c3ccc4sc5cccc(-c6ccccc6)c5c4c3)n2)cc1. The molecule has 0 amide bonds. The van der Waals surface area contributed by atoms with Crippen molar-refractivity contribution in [2.75, 3.05) is 0 Å². The number of benzene rings is 8. The van der Waals surface area contributed by atoms with E-state index in [9.17, 15) is 0 Å². The van der Waals surface area contributed by atoms with Crippen molar-refractivity contribution >= 4 is 42.3 Å². The van der Waals surface area contributed by atoms with E-state index in [1.165, 1.54) is 53.2 Å². The first-order valence-electron chi connectivity index (χ1n) is 17.8. The largest absolute Gasteiger partial charge is 0.208 e. The van der Waals surface area contributed by atoms with E-state index in [1.807, 2.05) is 29.5 Å². The number of fused-ring (bicyclic) bond motifs is 4. The molecular weight excluding hydrogens is 663 g/mol. The lowest BCUT2D eigenvalue weighted by Crippen LogP contribution is -2.00. The summed E-state index contributed by atoms with van der Waals surface area (Å²) in [5.74, 6) is 1.94. The van der Waals surface area contributed by atoms with E-state index in [4.69, 9.17) is 15.0 Å². The second-order valence-electron chi connectivity index (χ2n) is 13.2. The van der Waals surface area contributed by atoms with Gasteiger partial charge in [0.25, 0.3) is 0 Å². The molecule has 0 aliphatic carbocycles. The number of hydrogen-bond acceptors (Lipinski definition) is 4. The summed E-state index contributed by atoms with van der Waals surface area (Å²) in [6, 6.07) is 66.4. The molecule has 0 radical (unpaired) electrons. The first kappa shape index (κ1) is 31.0. The van der Waals surface area contributed by atoms with E-state index >= 15 is 0 Å². The van der Waals surface area contributed by atoms with E-state index in [1.54, 1.807) is 0 Å². The van der Waals surface area contributed by atoms with Crippen LogP contribution in [0, 0.1) is 0 Å². The minimum atomic E-state index is 0.640. The zero-order valence-electron chi connectivity index (χ0n) is 28.6. The molecule has 0 unspecified atom stereocenters. The van der Waals surface area contributed by atoms with Gasteiger partial charge in [-0.1, -0.05) is 152 Å². The Morgan fingerprint density at radius 1 is 0.302 bits per heavy atom. The smallest absolute Gasteiger partial charge is 0.164 e. The van der Waals surface area contributed by atoms with E-state index < -0.39 is 0 Å². The van der Waals surface area contributed by atoms with Crippen LogP contribution in [0.15, 0.2) is 188 Å². The van der Waals surface area contributed by atoms with Gasteiger partial charge in [-0.05, 0) is 80.6 Å². The first-order valence-corrected chi connectivity index (χ1v) is 18.6. The van der Waals surface area contributed by atoms with Gasteiger partial charge in [0.1, 0.15) is 0 Å². The van der Waals surface area contributed by atoms with Crippen molar-refractivity contribution in [1.29, 1.82) is 0 Å². The fourth-order valence-corrected chi connectivity index (χ4v) is 8.45. The predicted octanol–water partition coefficient (Wildman–Crippen LogP) is 13.4. The van der Waals surface area contributed by atoms with Gasteiger partial charge in [-0.2, -0.15) is 0 Å². The third kappa shape index (κ3) is 5.76. The lowest BCUT2D eigenvalue weighted by Gasteiger charge is -2.11. The van der Waals surface area contributed by atoms with Crippen LogP contribution in [-0.2, 0) is 0 Å². The topological polar surface area (TPSA) is 38.7 Å². The van der Waals surface area contributed by atoms with Gasteiger partial charge in [0.15, 0.2) is 17.5 Å². The van der Waals surface area contributed by atoms with Crippen LogP contribution < -0.4 is 0 Å². The highest BCUT2D eigenvalue weighted by Gasteiger charge is 2.16. The summed E-state index contributed by atoms with van der Waals surface area (Å²) >= 11 is 1.82. The molecule has 2 heterocycles. The van der Waals surface area contributed by atoms with Crippen LogP contribution in [0.2, 0.25) is 0 Å². The van der Waals surface area contributed by atoms with Crippen LogP contribution in [0.25, 0.3) is 98.5 Å². The van der Waals surface area contributed by atoms with Crippen LogP contribution in [0.3, 0.4) is 0 Å². The van der Waals surface area contributed by atoms with Crippen molar-refractivity contribution in [1.82, 2.24) is 15.0 Å². The van der Waals surface area contributed by atoms with Crippen molar-refractivity contribution in [3.63, 3.8) is 0 Å². The Bertz CT molecular complexity index is 2940. The van der Waals surface area contributed by atoms with Gasteiger partial charge in [0.2, 0.25) is 0 Å². The summed E-state index contributed by atoms with van der Waals surface area (Å²) in [6.45, 7) is 0. The van der Waals surface area contributed by atoms with Crippen molar-refractivity contribution in [2.24, 2.45) is 0 Å². The molecular formula is C49H31N3S. The molecule has 0 aliphatic heterocycles.